The third-order valence-corrected chi connectivity index (χ3v) is 6.80. The van der Waals surface area contributed by atoms with Crippen molar-refractivity contribution >= 4 is 40.9 Å². The van der Waals surface area contributed by atoms with Crippen LogP contribution in [0.4, 0.5) is 5.69 Å². The Bertz CT molecular complexity index is 1130. The summed E-state index contributed by atoms with van der Waals surface area (Å²) < 4.78 is 1.88. The number of halogens is 1. The molecule has 7 nitrogen and oxygen atoms in total. The van der Waals surface area contributed by atoms with Gasteiger partial charge in [-0.25, -0.2) is 0 Å². The number of carbonyl (C=O) groups excluding carboxylic acids is 2. The van der Waals surface area contributed by atoms with E-state index in [4.69, 9.17) is 11.6 Å². The maximum atomic E-state index is 13.0. The van der Waals surface area contributed by atoms with Crippen molar-refractivity contribution < 1.29 is 9.59 Å². The predicted octanol–water partition coefficient (Wildman–Crippen LogP) is 4.49. The zero-order valence-electron chi connectivity index (χ0n) is 17.9. The number of nitrogens with zero attached hydrogens (tertiary/aromatic N) is 4. The van der Waals surface area contributed by atoms with Crippen LogP contribution >= 0.6 is 23.4 Å². The zero-order valence-corrected chi connectivity index (χ0v) is 19.5. The van der Waals surface area contributed by atoms with Crippen LogP contribution in [0.1, 0.15) is 40.6 Å². The molecule has 166 valence electrons. The van der Waals surface area contributed by atoms with Gasteiger partial charge in [-0.15, -0.1) is 10.2 Å². The standard InChI is InChI=1S/C23H24ClN5O2S/c1-15-6-3-4-7-18(15)25-20(30)14-32-23-27-26-21(28(23)2)19-8-5-13-29(19)22(31)16-9-11-17(24)12-10-16/h3-4,6-7,9-12,19H,5,8,13-14H2,1-2H3,(H,25,30). The van der Waals surface area contributed by atoms with Gasteiger partial charge in [0.25, 0.3) is 5.91 Å². The first-order valence-electron chi connectivity index (χ1n) is 10.4. The number of aromatic nitrogens is 3. The van der Waals surface area contributed by atoms with E-state index in [-0.39, 0.29) is 23.6 Å². The van der Waals surface area contributed by atoms with E-state index in [1.54, 1.807) is 24.3 Å². The number of para-hydroxylation sites is 1. The van der Waals surface area contributed by atoms with Crippen LogP contribution in [0.3, 0.4) is 0 Å². The Kier molecular flexibility index (Phi) is 6.81. The van der Waals surface area contributed by atoms with Gasteiger partial charge in [0.2, 0.25) is 5.91 Å². The summed E-state index contributed by atoms with van der Waals surface area (Å²) in [7, 11) is 1.88. The Morgan fingerprint density at radius 3 is 2.66 bits per heavy atom. The van der Waals surface area contributed by atoms with E-state index >= 15 is 0 Å². The molecule has 1 unspecified atom stereocenters. The monoisotopic (exact) mass is 469 g/mol. The van der Waals surface area contributed by atoms with Crippen molar-refractivity contribution in [2.45, 2.75) is 31.0 Å². The van der Waals surface area contributed by atoms with Gasteiger partial charge in [0.05, 0.1) is 11.8 Å². The van der Waals surface area contributed by atoms with Crippen molar-refractivity contribution in [1.82, 2.24) is 19.7 Å². The fourth-order valence-electron chi connectivity index (χ4n) is 3.81. The van der Waals surface area contributed by atoms with Crippen LogP contribution in [-0.2, 0) is 11.8 Å². The molecule has 1 atom stereocenters. The first kappa shape index (κ1) is 22.4. The van der Waals surface area contributed by atoms with Crippen LogP contribution in [0.2, 0.25) is 5.02 Å². The lowest BCUT2D eigenvalue weighted by molar-refractivity contribution is -0.113. The molecule has 0 aliphatic carbocycles. The molecular formula is C23H24ClN5O2S. The second-order valence-electron chi connectivity index (χ2n) is 7.72. The molecule has 0 saturated carbocycles. The maximum absolute atomic E-state index is 13.0. The highest BCUT2D eigenvalue weighted by Gasteiger charge is 2.34. The molecule has 2 heterocycles. The van der Waals surface area contributed by atoms with Crippen molar-refractivity contribution in [3.63, 3.8) is 0 Å². The molecule has 2 amide bonds. The van der Waals surface area contributed by atoms with Gasteiger partial charge < -0.3 is 14.8 Å². The molecule has 2 aromatic carbocycles. The molecule has 1 saturated heterocycles. The van der Waals surface area contributed by atoms with Gasteiger partial charge in [0.1, 0.15) is 0 Å². The quantitative estimate of drug-likeness (QED) is 0.538. The topological polar surface area (TPSA) is 80.1 Å². The summed E-state index contributed by atoms with van der Waals surface area (Å²) in [5.74, 6) is 0.804. The second kappa shape index (κ2) is 9.75. The number of hydrogen-bond donors (Lipinski definition) is 1. The van der Waals surface area contributed by atoms with Crippen LogP contribution in [-0.4, -0.2) is 43.8 Å². The summed E-state index contributed by atoms with van der Waals surface area (Å²) in [5.41, 5.74) is 2.42. The van der Waals surface area contributed by atoms with Crippen LogP contribution in [0.15, 0.2) is 53.7 Å². The summed E-state index contributed by atoms with van der Waals surface area (Å²) in [4.78, 5) is 27.3. The number of nitrogens with one attached hydrogen (secondary N) is 1. The molecule has 1 aromatic heterocycles. The average Bonchev–Trinajstić information content (AvgIpc) is 3.40. The summed E-state index contributed by atoms with van der Waals surface area (Å²) >= 11 is 7.28. The number of aryl methyl sites for hydroxylation is 1. The van der Waals surface area contributed by atoms with Crippen molar-refractivity contribution in [3.8, 4) is 0 Å². The highest BCUT2D eigenvalue weighted by atomic mass is 35.5. The Balaban J connectivity index is 1.42. The van der Waals surface area contributed by atoms with Gasteiger partial charge >= 0.3 is 0 Å². The SMILES string of the molecule is Cc1ccccc1NC(=O)CSc1nnc(C2CCCN2C(=O)c2ccc(Cl)cc2)n1C. The largest absolute Gasteiger partial charge is 0.328 e. The third-order valence-electron chi connectivity index (χ3n) is 5.52. The Labute approximate surface area is 196 Å². The number of rotatable bonds is 6. The lowest BCUT2D eigenvalue weighted by Gasteiger charge is -2.24. The predicted molar refractivity (Wildman–Crippen MR) is 126 cm³/mol. The highest BCUT2D eigenvalue weighted by Crippen LogP contribution is 2.33. The Morgan fingerprint density at radius 1 is 1.16 bits per heavy atom. The van der Waals surface area contributed by atoms with Crippen molar-refractivity contribution in [3.05, 3.63) is 70.5 Å². The number of hydrogen-bond acceptors (Lipinski definition) is 5. The zero-order chi connectivity index (χ0) is 22.7. The molecule has 3 aromatic rings. The third kappa shape index (κ3) is 4.81. The van der Waals surface area contributed by atoms with Gasteiger partial charge in [0.15, 0.2) is 11.0 Å². The summed E-state index contributed by atoms with van der Waals surface area (Å²) in [6, 6.07) is 14.4. The van der Waals surface area contributed by atoms with E-state index in [9.17, 15) is 9.59 Å². The molecule has 0 radical (unpaired) electrons. The number of carbonyl (C=O) groups is 2. The lowest BCUT2D eigenvalue weighted by Crippen LogP contribution is -2.31. The van der Waals surface area contributed by atoms with Crippen LogP contribution in [0.25, 0.3) is 0 Å². The first-order valence-corrected chi connectivity index (χ1v) is 11.7. The van der Waals surface area contributed by atoms with Gasteiger partial charge in [0, 0.05) is 29.9 Å². The molecule has 0 spiro atoms. The van der Waals surface area contributed by atoms with E-state index in [0.717, 1.165) is 29.9 Å². The minimum Gasteiger partial charge on any atom is -0.328 e. The molecule has 1 aliphatic heterocycles. The number of amides is 2. The number of benzene rings is 2. The summed E-state index contributed by atoms with van der Waals surface area (Å²) in [5, 5.41) is 12.8. The van der Waals surface area contributed by atoms with E-state index in [1.807, 2.05) is 47.7 Å². The first-order chi connectivity index (χ1) is 15.4. The van der Waals surface area contributed by atoms with E-state index in [1.165, 1.54) is 11.8 Å². The number of likely N-dealkylation sites (tertiary alicyclic amines) is 1. The van der Waals surface area contributed by atoms with E-state index < -0.39 is 0 Å². The number of anilines is 1. The van der Waals surface area contributed by atoms with Crippen LogP contribution in [0.5, 0.6) is 0 Å². The molecular weight excluding hydrogens is 446 g/mol. The average molecular weight is 470 g/mol. The van der Waals surface area contributed by atoms with Gasteiger partial charge in [-0.2, -0.15) is 0 Å². The molecule has 32 heavy (non-hydrogen) atoms. The van der Waals surface area contributed by atoms with Crippen molar-refractivity contribution in [1.29, 1.82) is 0 Å². The second-order valence-corrected chi connectivity index (χ2v) is 9.09. The molecule has 9 heteroatoms. The fraction of sp³-hybridized carbons (Fsp3) is 0.304. The van der Waals surface area contributed by atoms with E-state index in [2.05, 4.69) is 15.5 Å². The van der Waals surface area contributed by atoms with Crippen molar-refractivity contribution in [2.75, 3.05) is 17.6 Å². The summed E-state index contributed by atoms with van der Waals surface area (Å²) in [6.07, 6.45) is 1.72. The maximum Gasteiger partial charge on any atom is 0.254 e. The molecule has 4 rings (SSSR count). The molecule has 1 fully saturated rings. The minimum atomic E-state index is -0.147. The molecule has 0 bridgehead atoms. The van der Waals surface area contributed by atoms with Gasteiger partial charge in [-0.3, -0.25) is 9.59 Å². The van der Waals surface area contributed by atoms with Crippen LogP contribution < -0.4 is 5.32 Å². The summed E-state index contributed by atoms with van der Waals surface area (Å²) in [6.45, 7) is 2.62. The molecule has 1 N–H and O–H groups in total. The smallest absolute Gasteiger partial charge is 0.254 e. The van der Waals surface area contributed by atoms with Gasteiger partial charge in [-0.1, -0.05) is 41.6 Å². The lowest BCUT2D eigenvalue weighted by atomic mass is 10.1. The van der Waals surface area contributed by atoms with E-state index in [0.29, 0.717) is 22.3 Å². The van der Waals surface area contributed by atoms with Crippen LogP contribution in [0, 0.1) is 6.92 Å². The minimum absolute atomic E-state index is 0.0426. The van der Waals surface area contributed by atoms with Gasteiger partial charge in [-0.05, 0) is 55.7 Å². The highest BCUT2D eigenvalue weighted by molar-refractivity contribution is 7.99. The normalized spacial score (nSPS) is 15.7. The Morgan fingerprint density at radius 2 is 1.91 bits per heavy atom. The van der Waals surface area contributed by atoms with Crippen molar-refractivity contribution in [2.24, 2.45) is 7.05 Å². The number of thioether (sulfide) groups is 1. The Hall–Kier alpha value is -2.84. The molecule has 1 aliphatic rings. The fourth-order valence-corrected chi connectivity index (χ4v) is 4.65.